The van der Waals surface area contributed by atoms with Crippen molar-refractivity contribution in [3.63, 3.8) is 0 Å². The average Bonchev–Trinajstić information content (AvgIpc) is 2.43. The molecule has 114 valence electrons. The molecule has 0 aliphatic heterocycles. The second-order valence-electron chi connectivity index (χ2n) is 5.25. The second-order valence-corrected chi connectivity index (χ2v) is 5.25. The minimum absolute atomic E-state index is 0.145. The Labute approximate surface area is 120 Å². The molecule has 1 saturated carbocycles. The van der Waals surface area contributed by atoms with E-state index in [1.54, 1.807) is 0 Å². The third kappa shape index (κ3) is 3.34. The molecule has 0 amide bonds. The molecule has 1 fully saturated rings. The lowest BCUT2D eigenvalue weighted by Gasteiger charge is -2.28. The molecule has 0 N–H and O–H groups in total. The highest BCUT2D eigenvalue weighted by Gasteiger charge is 2.30. The summed E-state index contributed by atoms with van der Waals surface area (Å²) >= 11 is 0. The topological polar surface area (TPSA) is 69.4 Å². The van der Waals surface area contributed by atoms with Gasteiger partial charge < -0.3 is 4.74 Å². The summed E-state index contributed by atoms with van der Waals surface area (Å²) in [5.74, 6) is -3.53. The zero-order chi connectivity index (χ0) is 15.6. The summed E-state index contributed by atoms with van der Waals surface area (Å²) in [4.78, 5) is 22.0. The summed E-state index contributed by atoms with van der Waals surface area (Å²) in [6.07, 6.45) is 3.17. The predicted molar refractivity (Wildman–Crippen MR) is 69.8 cm³/mol. The lowest BCUT2D eigenvalue weighted by atomic mass is 9.88. The van der Waals surface area contributed by atoms with Gasteiger partial charge in [0.05, 0.1) is 11.0 Å². The maximum absolute atomic E-state index is 13.2. The summed E-state index contributed by atoms with van der Waals surface area (Å²) in [5.41, 5.74) is -1.35. The lowest BCUT2D eigenvalue weighted by Crippen LogP contribution is -2.28. The van der Waals surface area contributed by atoms with Crippen LogP contribution in [-0.2, 0) is 4.74 Å². The number of carbonyl (C=O) groups is 1. The van der Waals surface area contributed by atoms with Crippen LogP contribution in [0.2, 0.25) is 0 Å². The first-order chi connectivity index (χ1) is 9.90. The van der Waals surface area contributed by atoms with Gasteiger partial charge in [0, 0.05) is 0 Å². The highest BCUT2D eigenvalue weighted by atomic mass is 19.2. The van der Waals surface area contributed by atoms with Crippen LogP contribution in [0.4, 0.5) is 14.5 Å². The largest absolute Gasteiger partial charge is 0.458 e. The van der Waals surface area contributed by atoms with Gasteiger partial charge >= 0.3 is 5.97 Å². The Balaban J connectivity index is 2.26. The van der Waals surface area contributed by atoms with Crippen LogP contribution in [0.25, 0.3) is 0 Å². The molecular formula is C14H15F2NO4. The van der Waals surface area contributed by atoms with Gasteiger partial charge in [0.2, 0.25) is 0 Å². The minimum Gasteiger partial charge on any atom is -0.458 e. The van der Waals surface area contributed by atoms with E-state index in [1.165, 1.54) is 0 Å². The standard InChI is InChI=1S/C14H15F2NO4/c1-8-4-2-3-5-13(8)21-14(18)9-6-10(15)11(16)7-12(9)17(19)20/h6-8,13H,2-5H2,1H3. The van der Waals surface area contributed by atoms with E-state index in [9.17, 15) is 23.7 Å². The fourth-order valence-corrected chi connectivity index (χ4v) is 2.51. The number of rotatable bonds is 3. The molecular weight excluding hydrogens is 284 g/mol. The first-order valence-electron chi connectivity index (χ1n) is 6.74. The van der Waals surface area contributed by atoms with Crippen LogP contribution in [0.5, 0.6) is 0 Å². The first-order valence-corrected chi connectivity index (χ1v) is 6.74. The molecule has 5 nitrogen and oxygen atoms in total. The number of halogens is 2. The molecule has 1 aromatic carbocycles. The third-order valence-corrected chi connectivity index (χ3v) is 3.75. The Morgan fingerprint density at radius 2 is 1.90 bits per heavy atom. The summed E-state index contributed by atoms with van der Waals surface area (Å²) in [7, 11) is 0. The summed E-state index contributed by atoms with van der Waals surface area (Å²) in [5, 5.41) is 10.9. The quantitative estimate of drug-likeness (QED) is 0.485. The fraction of sp³-hybridized carbons (Fsp3) is 0.500. The number of hydrogen-bond acceptors (Lipinski definition) is 4. The van der Waals surface area contributed by atoms with E-state index >= 15 is 0 Å². The van der Waals surface area contributed by atoms with Gasteiger partial charge in [-0.2, -0.15) is 0 Å². The molecule has 0 spiro atoms. The van der Waals surface area contributed by atoms with Crippen LogP contribution >= 0.6 is 0 Å². The number of benzene rings is 1. The number of esters is 1. The highest BCUT2D eigenvalue weighted by molar-refractivity contribution is 5.94. The van der Waals surface area contributed by atoms with Crippen molar-refractivity contribution in [2.75, 3.05) is 0 Å². The lowest BCUT2D eigenvalue weighted by molar-refractivity contribution is -0.385. The van der Waals surface area contributed by atoms with Crippen molar-refractivity contribution < 1.29 is 23.2 Å². The van der Waals surface area contributed by atoms with Gasteiger partial charge in [-0.3, -0.25) is 10.1 Å². The van der Waals surface area contributed by atoms with Crippen LogP contribution < -0.4 is 0 Å². The van der Waals surface area contributed by atoms with Crippen LogP contribution in [0.15, 0.2) is 12.1 Å². The third-order valence-electron chi connectivity index (χ3n) is 3.75. The van der Waals surface area contributed by atoms with Crippen molar-refractivity contribution in [2.45, 2.75) is 38.7 Å². The van der Waals surface area contributed by atoms with E-state index in [2.05, 4.69) is 0 Å². The zero-order valence-electron chi connectivity index (χ0n) is 11.5. The van der Waals surface area contributed by atoms with Gasteiger partial charge in [0.1, 0.15) is 11.7 Å². The highest BCUT2D eigenvalue weighted by Crippen LogP contribution is 2.29. The van der Waals surface area contributed by atoms with Gasteiger partial charge in [-0.05, 0) is 31.2 Å². The number of nitrogens with zero attached hydrogens (tertiary/aromatic N) is 1. The fourth-order valence-electron chi connectivity index (χ4n) is 2.51. The minimum atomic E-state index is -1.37. The molecule has 0 saturated heterocycles. The predicted octanol–water partition coefficient (Wildman–Crippen LogP) is 3.61. The maximum atomic E-state index is 13.2. The summed E-state index contributed by atoms with van der Waals surface area (Å²) < 4.78 is 31.5. The first kappa shape index (κ1) is 15.3. The molecule has 0 bridgehead atoms. The molecule has 1 aliphatic rings. The normalized spacial score (nSPS) is 21.9. The molecule has 2 atom stereocenters. The number of nitro benzene ring substituents is 1. The van der Waals surface area contributed by atoms with Crippen LogP contribution in [0.1, 0.15) is 43.0 Å². The van der Waals surface area contributed by atoms with E-state index in [0.717, 1.165) is 19.3 Å². The average molecular weight is 299 g/mol. The van der Waals surface area contributed by atoms with Crippen molar-refractivity contribution in [1.29, 1.82) is 0 Å². The summed E-state index contributed by atoms with van der Waals surface area (Å²) in [6, 6.07) is 0.916. The van der Waals surface area contributed by atoms with Crippen LogP contribution in [-0.4, -0.2) is 17.0 Å². The monoisotopic (exact) mass is 299 g/mol. The van der Waals surface area contributed by atoms with Gasteiger partial charge in [-0.25, -0.2) is 13.6 Å². The molecule has 0 radical (unpaired) electrons. The Hall–Kier alpha value is -2.05. The van der Waals surface area contributed by atoms with Gasteiger partial charge in [0.15, 0.2) is 11.6 Å². The number of nitro groups is 1. The van der Waals surface area contributed by atoms with Crippen molar-refractivity contribution in [3.8, 4) is 0 Å². The van der Waals surface area contributed by atoms with Crippen molar-refractivity contribution >= 4 is 11.7 Å². The van der Waals surface area contributed by atoms with Gasteiger partial charge in [-0.15, -0.1) is 0 Å². The van der Waals surface area contributed by atoms with E-state index in [1.807, 2.05) is 6.92 Å². The molecule has 7 heteroatoms. The van der Waals surface area contributed by atoms with Crippen molar-refractivity contribution in [2.24, 2.45) is 5.92 Å². The maximum Gasteiger partial charge on any atom is 0.345 e. The van der Waals surface area contributed by atoms with Crippen LogP contribution in [0, 0.1) is 27.7 Å². The molecule has 2 rings (SSSR count). The Morgan fingerprint density at radius 1 is 1.29 bits per heavy atom. The number of hydrogen-bond donors (Lipinski definition) is 0. The van der Waals surface area contributed by atoms with Crippen molar-refractivity contribution in [1.82, 2.24) is 0 Å². The molecule has 1 aliphatic carbocycles. The zero-order valence-corrected chi connectivity index (χ0v) is 11.5. The smallest absolute Gasteiger partial charge is 0.345 e. The molecule has 2 unspecified atom stereocenters. The molecule has 21 heavy (non-hydrogen) atoms. The molecule has 1 aromatic rings. The van der Waals surface area contributed by atoms with E-state index in [-0.39, 0.29) is 12.0 Å². The number of carbonyl (C=O) groups excluding carboxylic acids is 1. The molecule has 0 aromatic heterocycles. The Morgan fingerprint density at radius 3 is 2.52 bits per heavy atom. The number of ether oxygens (including phenoxy) is 1. The van der Waals surface area contributed by atoms with E-state index < -0.39 is 33.8 Å². The second kappa shape index (κ2) is 6.15. The van der Waals surface area contributed by atoms with Crippen LogP contribution in [0.3, 0.4) is 0 Å². The Kier molecular flexibility index (Phi) is 4.50. The molecule has 0 heterocycles. The summed E-state index contributed by atoms with van der Waals surface area (Å²) in [6.45, 7) is 1.93. The Bertz CT molecular complexity index is 576. The van der Waals surface area contributed by atoms with Gasteiger partial charge in [0.25, 0.3) is 5.69 Å². The van der Waals surface area contributed by atoms with Gasteiger partial charge in [-0.1, -0.05) is 13.3 Å². The SMILES string of the molecule is CC1CCCCC1OC(=O)c1cc(F)c(F)cc1[N+](=O)[O-]. The van der Waals surface area contributed by atoms with Crippen molar-refractivity contribution in [3.05, 3.63) is 39.4 Å². The van der Waals surface area contributed by atoms with E-state index in [0.29, 0.717) is 18.6 Å². The van der Waals surface area contributed by atoms with E-state index in [4.69, 9.17) is 4.74 Å².